The molecule has 1 heterocycles. The van der Waals surface area contributed by atoms with E-state index in [2.05, 4.69) is 36.4 Å². The molecule has 0 aliphatic carbocycles. The summed E-state index contributed by atoms with van der Waals surface area (Å²) in [5, 5.41) is 3.32. The van der Waals surface area contributed by atoms with Gasteiger partial charge in [-0.05, 0) is 18.1 Å². The number of terminal acetylenes is 1. The molecule has 0 radical (unpaired) electrons. The molecule has 0 aromatic heterocycles. The minimum absolute atomic E-state index is 0.174. The fourth-order valence-electron chi connectivity index (χ4n) is 1.98. The highest BCUT2D eigenvalue weighted by atomic mass is 16.5. The average Bonchev–Trinajstić information content (AvgIpc) is 2.28. The largest absolute Gasteiger partial charge is 0.372 e. The van der Waals surface area contributed by atoms with Crippen molar-refractivity contribution in [2.45, 2.75) is 25.7 Å². The number of hydrogen-bond donors (Lipinski definition) is 1. The minimum Gasteiger partial charge on any atom is -0.372 e. The number of fused-ring (bicyclic) bond motifs is 1. The molecule has 2 rings (SSSR count). The highest BCUT2D eigenvalue weighted by molar-refractivity contribution is 5.32. The van der Waals surface area contributed by atoms with Crippen molar-refractivity contribution in [1.82, 2.24) is 5.32 Å². The van der Waals surface area contributed by atoms with E-state index in [-0.39, 0.29) is 12.1 Å². The maximum atomic E-state index is 5.68. The van der Waals surface area contributed by atoms with Crippen LogP contribution in [0, 0.1) is 12.3 Å². The molecule has 1 aliphatic rings. The lowest BCUT2D eigenvalue weighted by Gasteiger charge is -2.31. The first-order valence-corrected chi connectivity index (χ1v) is 5.19. The van der Waals surface area contributed by atoms with Crippen LogP contribution in [0.2, 0.25) is 0 Å². The Morgan fingerprint density at radius 2 is 2.33 bits per heavy atom. The van der Waals surface area contributed by atoms with Crippen molar-refractivity contribution in [3.05, 3.63) is 35.4 Å². The Bertz CT molecular complexity index is 380. The summed E-state index contributed by atoms with van der Waals surface area (Å²) in [5.74, 6) is 2.60. The molecular formula is C13H15NO. The van der Waals surface area contributed by atoms with Gasteiger partial charge in [-0.1, -0.05) is 30.2 Å². The van der Waals surface area contributed by atoms with Crippen molar-refractivity contribution in [3.8, 4) is 12.3 Å². The summed E-state index contributed by atoms with van der Waals surface area (Å²) < 4.78 is 5.68. The SMILES string of the molecule is C#CCNC1c2ccccc2CO[C@H]1C. The molecule has 0 bridgehead atoms. The van der Waals surface area contributed by atoms with Crippen molar-refractivity contribution in [3.63, 3.8) is 0 Å². The molecule has 0 saturated carbocycles. The fourth-order valence-corrected chi connectivity index (χ4v) is 1.98. The Balaban J connectivity index is 2.25. The van der Waals surface area contributed by atoms with E-state index in [0.29, 0.717) is 13.2 Å². The first-order valence-electron chi connectivity index (χ1n) is 5.19. The zero-order valence-corrected chi connectivity index (χ0v) is 8.86. The normalized spacial score (nSPS) is 24.3. The van der Waals surface area contributed by atoms with Crippen LogP contribution in [0.5, 0.6) is 0 Å². The van der Waals surface area contributed by atoms with Crippen molar-refractivity contribution < 1.29 is 4.74 Å². The number of benzene rings is 1. The Kier molecular flexibility index (Phi) is 3.05. The van der Waals surface area contributed by atoms with E-state index in [1.165, 1.54) is 11.1 Å². The second-order valence-electron chi connectivity index (χ2n) is 3.78. The van der Waals surface area contributed by atoms with Gasteiger partial charge in [-0.2, -0.15) is 0 Å². The predicted molar refractivity (Wildman–Crippen MR) is 60.3 cm³/mol. The van der Waals surface area contributed by atoms with Gasteiger partial charge in [0.25, 0.3) is 0 Å². The van der Waals surface area contributed by atoms with Gasteiger partial charge in [0.05, 0.1) is 25.3 Å². The van der Waals surface area contributed by atoms with Crippen LogP contribution in [0.15, 0.2) is 24.3 Å². The van der Waals surface area contributed by atoms with Crippen molar-refractivity contribution >= 4 is 0 Å². The van der Waals surface area contributed by atoms with Gasteiger partial charge >= 0.3 is 0 Å². The summed E-state index contributed by atoms with van der Waals surface area (Å²) in [5.41, 5.74) is 2.57. The summed E-state index contributed by atoms with van der Waals surface area (Å²) in [6.45, 7) is 3.35. The quantitative estimate of drug-likeness (QED) is 0.737. The van der Waals surface area contributed by atoms with Gasteiger partial charge in [0, 0.05) is 0 Å². The number of rotatable bonds is 2. The standard InChI is InChI=1S/C13H15NO/c1-3-8-14-13-10(2)15-9-11-6-4-5-7-12(11)13/h1,4-7,10,13-14H,8-9H2,2H3/t10-,13?/m0/s1. The Morgan fingerprint density at radius 3 is 3.13 bits per heavy atom. The molecule has 2 nitrogen and oxygen atoms in total. The van der Waals surface area contributed by atoms with Crippen LogP contribution in [-0.4, -0.2) is 12.6 Å². The van der Waals surface area contributed by atoms with Crippen LogP contribution < -0.4 is 5.32 Å². The van der Waals surface area contributed by atoms with Crippen LogP contribution in [0.1, 0.15) is 24.1 Å². The number of nitrogens with one attached hydrogen (secondary N) is 1. The van der Waals surface area contributed by atoms with E-state index >= 15 is 0 Å². The third-order valence-electron chi connectivity index (χ3n) is 2.79. The van der Waals surface area contributed by atoms with Crippen LogP contribution >= 0.6 is 0 Å². The minimum atomic E-state index is 0.174. The highest BCUT2D eigenvalue weighted by Crippen LogP contribution is 2.28. The van der Waals surface area contributed by atoms with E-state index in [1.54, 1.807) is 0 Å². The lowest BCUT2D eigenvalue weighted by Crippen LogP contribution is -2.36. The zero-order valence-electron chi connectivity index (χ0n) is 8.86. The molecule has 1 unspecified atom stereocenters. The molecule has 0 saturated heterocycles. The maximum absolute atomic E-state index is 5.68. The zero-order chi connectivity index (χ0) is 10.7. The molecule has 2 heteroatoms. The molecule has 0 spiro atoms. The van der Waals surface area contributed by atoms with Gasteiger partial charge in [0.2, 0.25) is 0 Å². The molecule has 1 aromatic carbocycles. The molecule has 1 aromatic rings. The molecule has 1 N–H and O–H groups in total. The maximum Gasteiger partial charge on any atom is 0.0746 e. The molecular weight excluding hydrogens is 186 g/mol. The van der Waals surface area contributed by atoms with E-state index in [4.69, 9.17) is 11.2 Å². The van der Waals surface area contributed by atoms with Gasteiger partial charge < -0.3 is 4.74 Å². The van der Waals surface area contributed by atoms with E-state index in [9.17, 15) is 0 Å². The summed E-state index contributed by atoms with van der Waals surface area (Å²) >= 11 is 0. The van der Waals surface area contributed by atoms with Gasteiger partial charge in [-0.3, -0.25) is 5.32 Å². The van der Waals surface area contributed by atoms with Crippen molar-refractivity contribution in [1.29, 1.82) is 0 Å². The van der Waals surface area contributed by atoms with Gasteiger partial charge in [-0.25, -0.2) is 0 Å². The molecule has 78 valence electrons. The van der Waals surface area contributed by atoms with Crippen molar-refractivity contribution in [2.24, 2.45) is 0 Å². The monoisotopic (exact) mass is 201 g/mol. The second kappa shape index (κ2) is 4.48. The second-order valence-corrected chi connectivity index (χ2v) is 3.78. The number of ether oxygens (including phenoxy) is 1. The van der Waals surface area contributed by atoms with Gasteiger partial charge in [0.1, 0.15) is 0 Å². The Hall–Kier alpha value is -1.30. The predicted octanol–water partition coefficient (Wildman–Crippen LogP) is 1.87. The van der Waals surface area contributed by atoms with Crippen LogP contribution in [0.3, 0.4) is 0 Å². The first-order chi connectivity index (χ1) is 7.33. The van der Waals surface area contributed by atoms with Crippen LogP contribution in [0.4, 0.5) is 0 Å². The van der Waals surface area contributed by atoms with E-state index < -0.39 is 0 Å². The fraction of sp³-hybridized carbons (Fsp3) is 0.385. The summed E-state index contributed by atoms with van der Waals surface area (Å²) in [6.07, 6.45) is 5.43. The molecule has 1 aliphatic heterocycles. The van der Waals surface area contributed by atoms with Gasteiger partial charge in [-0.15, -0.1) is 6.42 Å². The Morgan fingerprint density at radius 1 is 1.53 bits per heavy atom. The van der Waals surface area contributed by atoms with Gasteiger partial charge in [0.15, 0.2) is 0 Å². The summed E-state index contributed by atoms with van der Waals surface area (Å²) in [6, 6.07) is 8.55. The van der Waals surface area contributed by atoms with Crippen LogP contribution in [0.25, 0.3) is 0 Å². The third-order valence-corrected chi connectivity index (χ3v) is 2.79. The van der Waals surface area contributed by atoms with E-state index in [1.807, 2.05) is 6.07 Å². The van der Waals surface area contributed by atoms with E-state index in [0.717, 1.165) is 0 Å². The van der Waals surface area contributed by atoms with Crippen LogP contribution in [-0.2, 0) is 11.3 Å². The first kappa shape index (κ1) is 10.2. The van der Waals surface area contributed by atoms with Crippen molar-refractivity contribution in [2.75, 3.05) is 6.54 Å². The topological polar surface area (TPSA) is 21.3 Å². The lowest BCUT2D eigenvalue weighted by atomic mass is 9.94. The molecule has 0 amide bonds. The molecule has 2 atom stereocenters. The molecule has 0 fully saturated rings. The number of hydrogen-bond acceptors (Lipinski definition) is 2. The average molecular weight is 201 g/mol. The Labute approximate surface area is 90.6 Å². The summed E-state index contributed by atoms with van der Waals surface area (Å²) in [7, 11) is 0. The lowest BCUT2D eigenvalue weighted by molar-refractivity contribution is 0.0126. The molecule has 15 heavy (non-hydrogen) atoms. The summed E-state index contributed by atoms with van der Waals surface area (Å²) in [4.78, 5) is 0. The third kappa shape index (κ3) is 2.04. The smallest absolute Gasteiger partial charge is 0.0746 e. The highest BCUT2D eigenvalue weighted by Gasteiger charge is 2.25.